The summed E-state index contributed by atoms with van der Waals surface area (Å²) >= 11 is 0. The van der Waals surface area contributed by atoms with E-state index >= 15 is 0 Å². The number of hydrogen-bond donors (Lipinski definition) is 0. The van der Waals surface area contributed by atoms with Crippen LogP contribution in [0.15, 0.2) is 42.5 Å². The molecule has 1 aromatic heterocycles. The van der Waals surface area contributed by atoms with Crippen molar-refractivity contribution in [3.8, 4) is 11.4 Å². The van der Waals surface area contributed by atoms with Gasteiger partial charge in [-0.2, -0.15) is 18.3 Å². The summed E-state index contributed by atoms with van der Waals surface area (Å²) in [6.45, 7) is 3.55. The van der Waals surface area contributed by atoms with E-state index in [1.165, 1.54) is 19.6 Å². The first-order valence-electron chi connectivity index (χ1n) is 6.42. The van der Waals surface area contributed by atoms with Crippen LogP contribution >= 0.6 is 0 Å². The number of benzene rings is 1. The predicted molar refractivity (Wildman–Crippen MR) is 74.7 cm³/mol. The lowest BCUT2D eigenvalue weighted by Crippen LogP contribution is -2.07. The number of hydrogen-bond acceptors (Lipinski definition) is 3. The Hall–Kier alpha value is -2.44. The number of ether oxygens (including phenoxy) is 2. The van der Waals surface area contributed by atoms with Crippen LogP contribution in [0.5, 0.6) is 5.75 Å². The molecule has 0 radical (unpaired) electrons. The van der Waals surface area contributed by atoms with Gasteiger partial charge >= 0.3 is 6.18 Å². The maximum absolute atomic E-state index is 12.6. The maximum atomic E-state index is 12.6. The Morgan fingerprint density at radius 3 is 2.59 bits per heavy atom. The number of rotatable bonds is 4. The summed E-state index contributed by atoms with van der Waals surface area (Å²) in [5.74, 6) is 1.05. The van der Waals surface area contributed by atoms with Crippen molar-refractivity contribution in [2.45, 2.75) is 20.0 Å². The average molecular weight is 312 g/mol. The normalized spacial score (nSPS) is 12.4. The fourth-order valence-corrected chi connectivity index (χ4v) is 1.82. The van der Waals surface area contributed by atoms with E-state index in [2.05, 4.69) is 5.10 Å². The number of aryl methyl sites for hydroxylation is 1. The van der Waals surface area contributed by atoms with Crippen molar-refractivity contribution in [1.29, 1.82) is 0 Å². The average Bonchev–Trinajstić information content (AvgIpc) is 2.91. The number of aromatic nitrogens is 2. The third kappa shape index (κ3) is 3.60. The van der Waals surface area contributed by atoms with Crippen LogP contribution in [0.3, 0.4) is 0 Å². The number of nitrogens with zero attached hydrogens (tertiary/aromatic N) is 2. The summed E-state index contributed by atoms with van der Waals surface area (Å²) in [7, 11) is 1.50. The van der Waals surface area contributed by atoms with Crippen molar-refractivity contribution in [1.82, 2.24) is 9.78 Å². The van der Waals surface area contributed by atoms with Gasteiger partial charge in [0.2, 0.25) is 0 Å². The van der Waals surface area contributed by atoms with Crippen molar-refractivity contribution >= 4 is 0 Å². The van der Waals surface area contributed by atoms with Gasteiger partial charge in [0.15, 0.2) is 5.69 Å². The molecule has 4 nitrogen and oxygen atoms in total. The molecule has 0 spiro atoms. The third-order valence-electron chi connectivity index (χ3n) is 2.87. The Labute approximate surface area is 125 Å². The Bertz CT molecular complexity index is 690. The Morgan fingerprint density at radius 1 is 1.27 bits per heavy atom. The second-order valence-electron chi connectivity index (χ2n) is 4.66. The van der Waals surface area contributed by atoms with Crippen molar-refractivity contribution in [3.63, 3.8) is 0 Å². The summed E-state index contributed by atoms with van der Waals surface area (Å²) in [6.07, 6.45) is -1.77. The molecular weight excluding hydrogens is 297 g/mol. The van der Waals surface area contributed by atoms with Crippen molar-refractivity contribution in [3.05, 3.63) is 53.7 Å². The van der Waals surface area contributed by atoms with Crippen LogP contribution in [0.25, 0.3) is 5.69 Å². The van der Waals surface area contributed by atoms with Gasteiger partial charge in [-0.1, -0.05) is 6.07 Å². The SMILES string of the molecule is CO/C=C(/C)Oc1cc(-n2ccc(C(F)(F)F)n2)ccc1C. The van der Waals surface area contributed by atoms with E-state index in [4.69, 9.17) is 9.47 Å². The molecule has 1 aromatic carbocycles. The highest BCUT2D eigenvalue weighted by molar-refractivity contribution is 5.44. The van der Waals surface area contributed by atoms with Gasteiger partial charge in [0, 0.05) is 12.3 Å². The number of allylic oxidation sites excluding steroid dienone is 1. The largest absolute Gasteiger partial charge is 0.501 e. The van der Waals surface area contributed by atoms with Gasteiger partial charge in [-0.3, -0.25) is 0 Å². The van der Waals surface area contributed by atoms with Crippen LogP contribution in [0.1, 0.15) is 18.2 Å². The van der Waals surface area contributed by atoms with E-state index in [1.54, 1.807) is 25.1 Å². The molecule has 1 heterocycles. The van der Waals surface area contributed by atoms with Crippen LogP contribution in [-0.4, -0.2) is 16.9 Å². The summed E-state index contributed by atoms with van der Waals surface area (Å²) in [4.78, 5) is 0. The Morgan fingerprint density at radius 2 is 2.00 bits per heavy atom. The predicted octanol–water partition coefficient (Wildman–Crippen LogP) is 4.09. The summed E-state index contributed by atoms with van der Waals surface area (Å²) in [6, 6.07) is 5.97. The highest BCUT2D eigenvalue weighted by atomic mass is 19.4. The summed E-state index contributed by atoms with van der Waals surface area (Å²) < 4.78 is 49.4. The first kappa shape index (κ1) is 15.9. The fraction of sp³-hybridized carbons (Fsp3) is 0.267. The molecule has 22 heavy (non-hydrogen) atoms. The lowest BCUT2D eigenvalue weighted by atomic mass is 10.2. The minimum absolute atomic E-state index is 0.473. The van der Waals surface area contributed by atoms with Gasteiger partial charge in [0.05, 0.1) is 12.8 Å². The smallest absolute Gasteiger partial charge is 0.435 e. The van der Waals surface area contributed by atoms with Crippen LogP contribution in [0.2, 0.25) is 0 Å². The molecule has 0 fully saturated rings. The second-order valence-corrected chi connectivity index (χ2v) is 4.66. The molecule has 0 amide bonds. The monoisotopic (exact) mass is 312 g/mol. The molecule has 0 unspecified atom stereocenters. The highest BCUT2D eigenvalue weighted by Gasteiger charge is 2.33. The molecule has 0 aliphatic rings. The summed E-state index contributed by atoms with van der Waals surface area (Å²) in [5.41, 5.74) is 0.378. The minimum atomic E-state index is -4.47. The fourth-order valence-electron chi connectivity index (χ4n) is 1.82. The Balaban J connectivity index is 2.33. The van der Waals surface area contributed by atoms with Gasteiger partial charge < -0.3 is 9.47 Å². The zero-order valence-corrected chi connectivity index (χ0v) is 12.3. The molecule has 0 aliphatic carbocycles. The third-order valence-corrected chi connectivity index (χ3v) is 2.87. The van der Waals surface area contributed by atoms with Gasteiger partial charge in [0.25, 0.3) is 0 Å². The van der Waals surface area contributed by atoms with Gasteiger partial charge in [0.1, 0.15) is 17.8 Å². The quantitative estimate of drug-likeness (QED) is 0.798. The molecule has 0 N–H and O–H groups in total. The molecule has 0 atom stereocenters. The lowest BCUT2D eigenvalue weighted by molar-refractivity contribution is -0.141. The first-order chi connectivity index (χ1) is 10.3. The van der Waals surface area contributed by atoms with Crippen LogP contribution < -0.4 is 4.74 Å². The topological polar surface area (TPSA) is 36.3 Å². The molecule has 2 rings (SSSR count). The number of alkyl halides is 3. The molecular formula is C15H15F3N2O2. The first-order valence-corrected chi connectivity index (χ1v) is 6.42. The van der Waals surface area contributed by atoms with E-state index in [9.17, 15) is 13.2 Å². The zero-order valence-electron chi connectivity index (χ0n) is 12.3. The molecule has 0 aliphatic heterocycles. The van der Waals surface area contributed by atoms with E-state index in [0.29, 0.717) is 17.2 Å². The van der Waals surface area contributed by atoms with Gasteiger partial charge in [-0.25, -0.2) is 4.68 Å². The van der Waals surface area contributed by atoms with Crippen LogP contribution in [0.4, 0.5) is 13.2 Å². The van der Waals surface area contributed by atoms with E-state index in [-0.39, 0.29) is 0 Å². The van der Waals surface area contributed by atoms with Gasteiger partial charge in [-0.15, -0.1) is 0 Å². The van der Waals surface area contributed by atoms with Crippen molar-refractivity contribution in [2.24, 2.45) is 0 Å². The van der Waals surface area contributed by atoms with E-state index in [0.717, 1.165) is 16.3 Å². The minimum Gasteiger partial charge on any atom is -0.501 e. The number of methoxy groups -OCH3 is 1. The standard InChI is InChI=1S/C15H15F3N2O2/c1-10-4-5-12(8-13(10)22-11(2)9-21-3)20-7-6-14(19-20)15(16,17)18/h4-9H,1-3H3/b11-9-. The van der Waals surface area contributed by atoms with E-state index in [1.807, 2.05) is 6.92 Å². The van der Waals surface area contributed by atoms with Gasteiger partial charge in [-0.05, 0) is 31.5 Å². The van der Waals surface area contributed by atoms with E-state index < -0.39 is 11.9 Å². The molecule has 2 aromatic rings. The number of halogens is 3. The maximum Gasteiger partial charge on any atom is 0.435 e. The molecule has 7 heteroatoms. The lowest BCUT2D eigenvalue weighted by Gasteiger charge is -2.11. The highest BCUT2D eigenvalue weighted by Crippen LogP contribution is 2.29. The van der Waals surface area contributed by atoms with Crippen molar-refractivity contribution < 1.29 is 22.6 Å². The van der Waals surface area contributed by atoms with Crippen LogP contribution in [-0.2, 0) is 10.9 Å². The summed E-state index contributed by atoms with van der Waals surface area (Å²) in [5, 5.41) is 3.53. The molecule has 0 bridgehead atoms. The Kier molecular flexibility index (Phi) is 4.44. The molecule has 0 saturated carbocycles. The second kappa shape index (κ2) is 6.13. The molecule has 0 saturated heterocycles. The van der Waals surface area contributed by atoms with Crippen molar-refractivity contribution in [2.75, 3.05) is 7.11 Å². The van der Waals surface area contributed by atoms with Crippen LogP contribution in [0, 0.1) is 6.92 Å². The molecule has 118 valence electrons. The zero-order chi connectivity index (χ0) is 16.3.